The molecule has 1 fully saturated rings. The largest absolute Gasteiger partial charge is 0.388 e. The average molecular weight is 259 g/mol. The van der Waals surface area contributed by atoms with Crippen molar-refractivity contribution in [3.63, 3.8) is 0 Å². The molecule has 0 saturated heterocycles. The molecule has 1 N–H and O–H groups in total. The molecule has 0 bridgehead atoms. The van der Waals surface area contributed by atoms with Crippen LogP contribution < -0.4 is 0 Å². The highest BCUT2D eigenvalue weighted by molar-refractivity contribution is 9.10. The Bertz CT molecular complexity index is 336. The molecular weight excluding hydrogens is 247 g/mol. The lowest BCUT2D eigenvalue weighted by molar-refractivity contribution is 0.0612. The van der Waals surface area contributed by atoms with Gasteiger partial charge < -0.3 is 5.11 Å². The highest BCUT2D eigenvalue weighted by atomic mass is 79.9. The molecule has 0 heterocycles. The summed E-state index contributed by atoms with van der Waals surface area (Å²) >= 11 is 3.17. The Morgan fingerprint density at radius 1 is 1.43 bits per heavy atom. The Morgan fingerprint density at radius 3 is 2.71 bits per heavy atom. The van der Waals surface area contributed by atoms with Gasteiger partial charge in [0.05, 0.1) is 10.6 Å². The summed E-state index contributed by atoms with van der Waals surface area (Å²) in [6.45, 7) is 0. The van der Waals surface area contributed by atoms with Gasteiger partial charge in [0.1, 0.15) is 5.82 Å². The van der Waals surface area contributed by atoms with Crippen LogP contribution in [0, 0.1) is 11.7 Å². The molecule has 1 aliphatic rings. The first kappa shape index (κ1) is 10.1. The van der Waals surface area contributed by atoms with Gasteiger partial charge in [0.15, 0.2) is 0 Å². The van der Waals surface area contributed by atoms with E-state index in [1.54, 1.807) is 12.1 Å². The fourth-order valence-corrected chi connectivity index (χ4v) is 2.26. The van der Waals surface area contributed by atoms with E-state index in [0.29, 0.717) is 16.0 Å². The van der Waals surface area contributed by atoms with Crippen LogP contribution in [-0.2, 0) is 0 Å². The quantitative estimate of drug-likeness (QED) is 0.862. The molecule has 0 aromatic heterocycles. The fourth-order valence-electron chi connectivity index (χ4n) is 1.76. The van der Waals surface area contributed by atoms with Crippen molar-refractivity contribution in [2.45, 2.75) is 25.4 Å². The highest BCUT2D eigenvalue weighted by Crippen LogP contribution is 2.40. The molecule has 1 unspecified atom stereocenters. The van der Waals surface area contributed by atoms with Gasteiger partial charge in [-0.1, -0.05) is 18.6 Å². The molecule has 2 rings (SSSR count). The minimum absolute atomic E-state index is 0.305. The summed E-state index contributed by atoms with van der Waals surface area (Å²) in [7, 11) is 0. The third-order valence-electron chi connectivity index (χ3n) is 2.90. The van der Waals surface area contributed by atoms with Gasteiger partial charge in [0.2, 0.25) is 0 Å². The van der Waals surface area contributed by atoms with Crippen molar-refractivity contribution in [2.24, 2.45) is 5.92 Å². The zero-order valence-electron chi connectivity index (χ0n) is 7.71. The zero-order chi connectivity index (χ0) is 10.1. The van der Waals surface area contributed by atoms with Gasteiger partial charge in [0.25, 0.3) is 0 Å². The van der Waals surface area contributed by atoms with E-state index in [1.807, 2.05) is 0 Å². The van der Waals surface area contributed by atoms with E-state index in [9.17, 15) is 9.50 Å². The Labute approximate surface area is 91.1 Å². The molecule has 1 nitrogen and oxygen atoms in total. The summed E-state index contributed by atoms with van der Waals surface area (Å²) in [5.74, 6) is 0.00831. The van der Waals surface area contributed by atoms with Gasteiger partial charge in [-0.3, -0.25) is 0 Å². The first-order valence-electron chi connectivity index (χ1n) is 4.82. The minimum atomic E-state index is -0.520. The van der Waals surface area contributed by atoms with E-state index in [4.69, 9.17) is 0 Å². The summed E-state index contributed by atoms with van der Waals surface area (Å²) in [5, 5.41) is 9.95. The minimum Gasteiger partial charge on any atom is -0.388 e. The standard InChI is InChI=1S/C11H12BrFO/c12-10-8(5-2-6-9(10)13)11(14)7-3-1-4-7/h2,5-7,11,14H,1,3-4H2. The molecule has 0 radical (unpaired) electrons. The second-order valence-electron chi connectivity index (χ2n) is 3.78. The van der Waals surface area contributed by atoms with Crippen LogP contribution in [0.15, 0.2) is 22.7 Å². The molecule has 1 aliphatic carbocycles. The van der Waals surface area contributed by atoms with Gasteiger partial charge in [-0.15, -0.1) is 0 Å². The first-order valence-corrected chi connectivity index (χ1v) is 5.61. The molecule has 1 saturated carbocycles. The lowest BCUT2D eigenvalue weighted by atomic mass is 9.79. The van der Waals surface area contributed by atoms with Crippen LogP contribution in [0.2, 0.25) is 0 Å². The van der Waals surface area contributed by atoms with E-state index >= 15 is 0 Å². The molecule has 76 valence electrons. The lowest BCUT2D eigenvalue weighted by Gasteiger charge is -2.31. The number of aliphatic hydroxyl groups excluding tert-OH is 1. The number of rotatable bonds is 2. The van der Waals surface area contributed by atoms with Crippen LogP contribution in [0.5, 0.6) is 0 Å². The Balaban J connectivity index is 2.26. The van der Waals surface area contributed by atoms with Crippen molar-refractivity contribution in [3.8, 4) is 0 Å². The van der Waals surface area contributed by atoms with Gasteiger partial charge in [-0.2, -0.15) is 0 Å². The summed E-state index contributed by atoms with van der Waals surface area (Å²) < 4.78 is 13.6. The van der Waals surface area contributed by atoms with Crippen molar-refractivity contribution in [3.05, 3.63) is 34.1 Å². The normalized spacial score (nSPS) is 19.1. The van der Waals surface area contributed by atoms with Crippen LogP contribution in [0.4, 0.5) is 4.39 Å². The number of halogens is 2. The van der Waals surface area contributed by atoms with E-state index in [-0.39, 0.29) is 5.82 Å². The van der Waals surface area contributed by atoms with Gasteiger partial charge >= 0.3 is 0 Å². The molecule has 3 heteroatoms. The maximum absolute atomic E-state index is 13.2. The molecule has 0 spiro atoms. The van der Waals surface area contributed by atoms with E-state index in [1.165, 1.54) is 12.5 Å². The average Bonchev–Trinajstić information content (AvgIpc) is 2.06. The van der Waals surface area contributed by atoms with E-state index < -0.39 is 6.10 Å². The predicted molar refractivity (Wildman–Crippen MR) is 56.4 cm³/mol. The maximum Gasteiger partial charge on any atom is 0.137 e. The fraction of sp³-hybridized carbons (Fsp3) is 0.455. The molecule has 0 aliphatic heterocycles. The molecule has 0 amide bonds. The van der Waals surface area contributed by atoms with Crippen molar-refractivity contribution in [1.29, 1.82) is 0 Å². The monoisotopic (exact) mass is 258 g/mol. The summed E-state index contributed by atoms with van der Waals surface area (Å²) in [5.41, 5.74) is 0.676. The highest BCUT2D eigenvalue weighted by Gasteiger charge is 2.28. The van der Waals surface area contributed by atoms with Gasteiger partial charge in [0, 0.05) is 0 Å². The molecule has 14 heavy (non-hydrogen) atoms. The Morgan fingerprint density at radius 2 is 2.14 bits per heavy atom. The van der Waals surface area contributed by atoms with Gasteiger partial charge in [-0.25, -0.2) is 4.39 Å². The van der Waals surface area contributed by atoms with Crippen LogP contribution in [0.25, 0.3) is 0 Å². The van der Waals surface area contributed by atoms with Crippen LogP contribution in [0.1, 0.15) is 30.9 Å². The zero-order valence-corrected chi connectivity index (χ0v) is 9.30. The predicted octanol–water partition coefficient (Wildman–Crippen LogP) is 3.42. The third-order valence-corrected chi connectivity index (χ3v) is 3.73. The molecular formula is C11H12BrFO. The summed E-state index contributed by atoms with van der Waals surface area (Å²) in [6, 6.07) is 4.80. The van der Waals surface area contributed by atoms with Crippen LogP contribution in [-0.4, -0.2) is 5.11 Å². The third kappa shape index (κ3) is 1.71. The number of aliphatic hydroxyl groups is 1. The molecule has 1 aromatic rings. The first-order chi connectivity index (χ1) is 6.70. The van der Waals surface area contributed by atoms with Crippen LogP contribution >= 0.6 is 15.9 Å². The maximum atomic E-state index is 13.2. The second kappa shape index (κ2) is 3.99. The second-order valence-corrected chi connectivity index (χ2v) is 4.57. The lowest BCUT2D eigenvalue weighted by Crippen LogP contribution is -2.20. The SMILES string of the molecule is OC(c1cccc(F)c1Br)C1CCC1. The molecule has 1 atom stereocenters. The summed E-state index contributed by atoms with van der Waals surface area (Å²) in [4.78, 5) is 0. The smallest absolute Gasteiger partial charge is 0.137 e. The number of benzene rings is 1. The van der Waals surface area contributed by atoms with Crippen molar-refractivity contribution >= 4 is 15.9 Å². The Kier molecular flexibility index (Phi) is 2.88. The van der Waals surface area contributed by atoms with Crippen molar-refractivity contribution < 1.29 is 9.50 Å². The molecule has 1 aromatic carbocycles. The van der Waals surface area contributed by atoms with Crippen molar-refractivity contribution in [2.75, 3.05) is 0 Å². The Hall–Kier alpha value is -0.410. The van der Waals surface area contributed by atoms with Gasteiger partial charge in [-0.05, 0) is 46.3 Å². The number of hydrogen-bond acceptors (Lipinski definition) is 1. The summed E-state index contributed by atoms with van der Waals surface area (Å²) in [6.07, 6.45) is 2.75. The number of hydrogen-bond donors (Lipinski definition) is 1. The van der Waals surface area contributed by atoms with E-state index in [2.05, 4.69) is 15.9 Å². The van der Waals surface area contributed by atoms with Crippen LogP contribution in [0.3, 0.4) is 0 Å². The van der Waals surface area contributed by atoms with E-state index in [0.717, 1.165) is 12.8 Å². The topological polar surface area (TPSA) is 20.2 Å². The van der Waals surface area contributed by atoms with Crippen molar-refractivity contribution in [1.82, 2.24) is 0 Å².